The minimum Gasteiger partial charge on any atom is -0.318 e. The normalized spacial score (nSPS) is 10.7. The van der Waals surface area contributed by atoms with Crippen molar-refractivity contribution >= 4 is 22.4 Å². The van der Waals surface area contributed by atoms with Gasteiger partial charge in [-0.15, -0.1) is 0 Å². The predicted octanol–water partition coefficient (Wildman–Crippen LogP) is 2.81. The molecule has 1 N–H and O–H groups in total. The van der Waals surface area contributed by atoms with Crippen LogP contribution in [0.25, 0.3) is 10.8 Å². The van der Waals surface area contributed by atoms with E-state index >= 15 is 0 Å². The second kappa shape index (κ2) is 6.00. The van der Waals surface area contributed by atoms with E-state index < -0.39 is 11.7 Å². The maximum absolute atomic E-state index is 13.7. The van der Waals surface area contributed by atoms with E-state index in [0.29, 0.717) is 17.3 Å². The molecule has 1 aromatic heterocycles. The molecule has 0 atom stereocenters. The van der Waals surface area contributed by atoms with Gasteiger partial charge in [-0.1, -0.05) is 30.3 Å². The van der Waals surface area contributed by atoms with Gasteiger partial charge in [-0.2, -0.15) is 5.10 Å². The predicted molar refractivity (Wildman–Crippen MR) is 86.0 cm³/mol. The van der Waals surface area contributed by atoms with Crippen molar-refractivity contribution in [3.8, 4) is 0 Å². The van der Waals surface area contributed by atoms with Crippen LogP contribution in [0.1, 0.15) is 17.4 Å². The number of aryl methyl sites for hydroxylation is 1. The summed E-state index contributed by atoms with van der Waals surface area (Å²) in [5.74, 6) is -1.09. The highest BCUT2D eigenvalue weighted by atomic mass is 19.1. The molecule has 0 aliphatic heterocycles. The summed E-state index contributed by atoms with van der Waals surface area (Å²) in [6.07, 6.45) is 0. The van der Waals surface area contributed by atoms with Crippen molar-refractivity contribution in [1.82, 2.24) is 9.78 Å². The molecule has 0 spiro atoms. The topological polar surface area (TPSA) is 64.0 Å². The largest absolute Gasteiger partial charge is 0.318 e. The zero-order chi connectivity index (χ0) is 16.4. The molecule has 0 fully saturated rings. The molecule has 0 aliphatic rings. The van der Waals surface area contributed by atoms with Gasteiger partial charge in [0.25, 0.3) is 11.5 Å². The third-order valence-electron chi connectivity index (χ3n) is 3.50. The van der Waals surface area contributed by atoms with Gasteiger partial charge in [-0.3, -0.25) is 9.59 Å². The lowest BCUT2D eigenvalue weighted by Crippen LogP contribution is -2.27. The van der Waals surface area contributed by atoms with Crippen molar-refractivity contribution in [3.63, 3.8) is 0 Å². The molecule has 2 aromatic carbocycles. The van der Waals surface area contributed by atoms with Crippen LogP contribution in [0.4, 0.5) is 10.1 Å². The Hall–Kier alpha value is -3.02. The Morgan fingerprint density at radius 3 is 2.48 bits per heavy atom. The number of carbonyl (C=O) groups excluding carboxylic acids is 1. The molecule has 23 heavy (non-hydrogen) atoms. The maximum Gasteiger partial charge on any atom is 0.276 e. The van der Waals surface area contributed by atoms with Gasteiger partial charge in [0.2, 0.25) is 0 Å². The number of anilines is 1. The summed E-state index contributed by atoms with van der Waals surface area (Å²) in [4.78, 5) is 24.8. The molecule has 0 radical (unpaired) electrons. The van der Waals surface area contributed by atoms with E-state index in [1.807, 2.05) is 0 Å². The molecule has 1 heterocycles. The lowest BCUT2D eigenvalue weighted by atomic mass is 10.1. The van der Waals surface area contributed by atoms with Crippen LogP contribution in [0, 0.1) is 5.82 Å². The number of hydrogen-bond acceptors (Lipinski definition) is 3. The van der Waals surface area contributed by atoms with Gasteiger partial charge in [0, 0.05) is 11.9 Å². The van der Waals surface area contributed by atoms with E-state index in [2.05, 4.69) is 10.4 Å². The van der Waals surface area contributed by atoms with E-state index in [4.69, 9.17) is 0 Å². The summed E-state index contributed by atoms with van der Waals surface area (Å²) in [6.45, 7) is 2.10. The van der Waals surface area contributed by atoms with Crippen LogP contribution in [0.5, 0.6) is 0 Å². The molecular weight excluding hydrogens is 297 g/mol. The molecule has 3 aromatic rings. The summed E-state index contributed by atoms with van der Waals surface area (Å²) in [6, 6.07) is 12.6. The zero-order valence-electron chi connectivity index (χ0n) is 12.4. The third-order valence-corrected chi connectivity index (χ3v) is 3.50. The number of rotatable bonds is 3. The number of amides is 1. The van der Waals surface area contributed by atoms with Crippen LogP contribution in [-0.2, 0) is 6.54 Å². The van der Waals surface area contributed by atoms with Crippen LogP contribution >= 0.6 is 0 Å². The Kier molecular flexibility index (Phi) is 3.89. The van der Waals surface area contributed by atoms with Crippen LogP contribution in [0.15, 0.2) is 53.3 Å². The van der Waals surface area contributed by atoms with E-state index in [9.17, 15) is 14.0 Å². The van der Waals surface area contributed by atoms with E-state index in [1.165, 1.54) is 22.9 Å². The SMILES string of the molecule is CCn1nc(C(=O)Nc2ccccc2F)c2ccccc2c1=O. The van der Waals surface area contributed by atoms with Crippen LogP contribution in [0.2, 0.25) is 0 Å². The summed E-state index contributed by atoms with van der Waals surface area (Å²) in [7, 11) is 0. The number of fused-ring (bicyclic) bond motifs is 1. The highest BCUT2D eigenvalue weighted by molar-refractivity contribution is 6.11. The van der Waals surface area contributed by atoms with Gasteiger partial charge in [-0.25, -0.2) is 9.07 Å². The van der Waals surface area contributed by atoms with Crippen molar-refractivity contribution in [2.24, 2.45) is 0 Å². The number of nitrogens with one attached hydrogen (secondary N) is 1. The van der Waals surface area contributed by atoms with Gasteiger partial charge in [0.05, 0.1) is 11.1 Å². The second-order valence-corrected chi connectivity index (χ2v) is 4.95. The number of hydrogen-bond donors (Lipinski definition) is 1. The molecule has 3 rings (SSSR count). The fourth-order valence-electron chi connectivity index (χ4n) is 2.36. The Bertz CT molecular complexity index is 950. The summed E-state index contributed by atoms with van der Waals surface area (Å²) in [5.41, 5.74) is -0.103. The van der Waals surface area contributed by atoms with Crippen LogP contribution in [0.3, 0.4) is 0 Å². The van der Waals surface area contributed by atoms with Gasteiger partial charge in [0.15, 0.2) is 5.69 Å². The standard InChI is InChI=1S/C17H14FN3O2/c1-2-21-17(23)12-8-4-3-7-11(12)15(20-21)16(22)19-14-10-6-5-9-13(14)18/h3-10H,2H2,1H3,(H,19,22). The highest BCUT2D eigenvalue weighted by Gasteiger charge is 2.17. The fourth-order valence-corrected chi connectivity index (χ4v) is 2.36. The van der Waals surface area contributed by atoms with E-state index in [0.717, 1.165) is 0 Å². The molecular formula is C17H14FN3O2. The lowest BCUT2D eigenvalue weighted by molar-refractivity contribution is 0.102. The maximum atomic E-state index is 13.7. The van der Waals surface area contributed by atoms with Gasteiger partial charge in [0.1, 0.15) is 5.82 Å². The van der Waals surface area contributed by atoms with Crippen molar-refractivity contribution < 1.29 is 9.18 Å². The summed E-state index contributed by atoms with van der Waals surface area (Å²) >= 11 is 0. The fraction of sp³-hybridized carbons (Fsp3) is 0.118. The smallest absolute Gasteiger partial charge is 0.276 e. The van der Waals surface area contributed by atoms with Crippen molar-refractivity contribution in [2.45, 2.75) is 13.5 Å². The first kappa shape index (κ1) is 14.9. The van der Waals surface area contributed by atoms with E-state index in [1.54, 1.807) is 37.3 Å². The van der Waals surface area contributed by atoms with Crippen LogP contribution in [-0.4, -0.2) is 15.7 Å². The Morgan fingerprint density at radius 2 is 1.78 bits per heavy atom. The molecule has 0 aliphatic carbocycles. The average Bonchev–Trinajstić information content (AvgIpc) is 2.57. The van der Waals surface area contributed by atoms with Crippen LogP contribution < -0.4 is 10.9 Å². The number of aromatic nitrogens is 2. The molecule has 5 nitrogen and oxygen atoms in total. The molecule has 0 unspecified atom stereocenters. The number of halogens is 1. The quantitative estimate of drug-likeness (QED) is 0.809. The second-order valence-electron chi connectivity index (χ2n) is 4.95. The first-order valence-electron chi connectivity index (χ1n) is 7.17. The average molecular weight is 311 g/mol. The molecule has 0 saturated carbocycles. The van der Waals surface area contributed by atoms with Crippen molar-refractivity contribution in [1.29, 1.82) is 0 Å². The highest BCUT2D eigenvalue weighted by Crippen LogP contribution is 2.17. The third kappa shape index (κ3) is 2.70. The molecule has 6 heteroatoms. The minimum absolute atomic E-state index is 0.0672. The van der Waals surface area contributed by atoms with Gasteiger partial charge >= 0.3 is 0 Å². The number of benzene rings is 2. The molecule has 116 valence electrons. The van der Waals surface area contributed by atoms with Gasteiger partial charge in [-0.05, 0) is 25.1 Å². The Balaban J connectivity index is 2.12. The Labute approximate surface area is 131 Å². The summed E-state index contributed by atoms with van der Waals surface area (Å²) in [5, 5.41) is 7.46. The first-order valence-corrected chi connectivity index (χ1v) is 7.17. The van der Waals surface area contributed by atoms with Crippen molar-refractivity contribution in [3.05, 3.63) is 70.4 Å². The summed E-state index contributed by atoms with van der Waals surface area (Å²) < 4.78 is 14.9. The molecule has 0 bridgehead atoms. The molecule has 0 saturated heterocycles. The zero-order valence-corrected chi connectivity index (χ0v) is 12.4. The number of carbonyl (C=O) groups is 1. The number of nitrogens with zero attached hydrogens (tertiary/aromatic N) is 2. The Morgan fingerprint density at radius 1 is 1.13 bits per heavy atom. The first-order chi connectivity index (χ1) is 11.1. The number of para-hydroxylation sites is 1. The van der Waals surface area contributed by atoms with Crippen molar-refractivity contribution in [2.75, 3.05) is 5.32 Å². The van der Waals surface area contributed by atoms with Gasteiger partial charge < -0.3 is 5.32 Å². The van der Waals surface area contributed by atoms with E-state index in [-0.39, 0.29) is 16.9 Å². The lowest BCUT2D eigenvalue weighted by Gasteiger charge is -2.10. The molecule has 1 amide bonds. The monoisotopic (exact) mass is 311 g/mol. The minimum atomic E-state index is -0.562.